The van der Waals surface area contributed by atoms with Gasteiger partial charge in [-0.3, -0.25) is 3.97 Å². The first kappa shape index (κ1) is 18.7. The number of nitrogens with one attached hydrogen (secondary N) is 1. The first-order valence-electron chi connectivity index (χ1n) is 8.18. The molecule has 2 aromatic carbocycles. The van der Waals surface area contributed by atoms with E-state index in [1.807, 2.05) is 55.6 Å². The average Bonchev–Trinajstić information content (AvgIpc) is 2.99. The van der Waals surface area contributed by atoms with Crippen molar-refractivity contribution in [3.8, 4) is 22.8 Å². The van der Waals surface area contributed by atoms with Crippen molar-refractivity contribution in [1.82, 2.24) is 9.29 Å². The van der Waals surface area contributed by atoms with Crippen molar-refractivity contribution in [2.75, 3.05) is 21.3 Å². The summed E-state index contributed by atoms with van der Waals surface area (Å²) in [6.45, 7) is 0.701. The fourth-order valence-electron chi connectivity index (χ4n) is 2.80. The van der Waals surface area contributed by atoms with Crippen LogP contribution in [0.5, 0.6) is 11.5 Å². The van der Waals surface area contributed by atoms with Gasteiger partial charge < -0.3 is 14.8 Å². The van der Waals surface area contributed by atoms with E-state index >= 15 is 0 Å². The van der Waals surface area contributed by atoms with Gasteiger partial charge in [-0.2, -0.15) is 0 Å². The lowest BCUT2D eigenvalue weighted by Crippen LogP contribution is -2.05. The quantitative estimate of drug-likeness (QED) is 0.610. The van der Waals surface area contributed by atoms with Gasteiger partial charge in [0.25, 0.3) is 0 Å². The molecular weight excluding hydrogens is 368 g/mol. The molecule has 0 aliphatic heterocycles. The fraction of sp³-hybridized carbons (Fsp3) is 0.200. The van der Waals surface area contributed by atoms with Gasteiger partial charge in [0.05, 0.1) is 19.2 Å². The average molecular weight is 389 g/mol. The Bertz CT molecular complexity index is 895. The molecule has 0 aliphatic carbocycles. The third kappa shape index (κ3) is 3.85. The topological polar surface area (TPSA) is 35.4 Å². The molecule has 3 rings (SSSR count). The highest BCUT2D eigenvalue weighted by Gasteiger charge is 2.20. The van der Waals surface area contributed by atoms with Crippen molar-refractivity contribution in [1.29, 1.82) is 0 Å². The van der Waals surface area contributed by atoms with Gasteiger partial charge in [-0.15, -0.1) is 0 Å². The molecule has 6 heteroatoms. The molecule has 0 radical (unpaired) electrons. The van der Waals surface area contributed by atoms with Crippen LogP contribution in [-0.4, -0.2) is 25.2 Å². The van der Waals surface area contributed by atoms with Crippen molar-refractivity contribution in [3.05, 3.63) is 65.3 Å². The van der Waals surface area contributed by atoms with E-state index in [1.54, 1.807) is 26.2 Å². The van der Waals surface area contributed by atoms with Gasteiger partial charge in [0, 0.05) is 28.8 Å². The summed E-state index contributed by atoms with van der Waals surface area (Å²) in [5.41, 5.74) is 2.94. The Morgan fingerprint density at radius 2 is 1.88 bits per heavy atom. The van der Waals surface area contributed by atoms with Crippen LogP contribution in [0.4, 0.5) is 0 Å². The molecule has 0 amide bonds. The number of aromatic nitrogens is 1. The summed E-state index contributed by atoms with van der Waals surface area (Å²) in [7, 11) is 5.28. The summed E-state index contributed by atoms with van der Waals surface area (Å²) in [6, 6.07) is 15.8. The van der Waals surface area contributed by atoms with Crippen molar-refractivity contribution in [3.63, 3.8) is 0 Å². The van der Waals surface area contributed by atoms with Crippen LogP contribution in [0.3, 0.4) is 0 Å². The van der Waals surface area contributed by atoms with Crippen LogP contribution in [0.15, 0.2) is 59.6 Å². The van der Waals surface area contributed by atoms with Gasteiger partial charge in [0.1, 0.15) is 17.2 Å². The van der Waals surface area contributed by atoms with Gasteiger partial charge in [-0.25, -0.2) is 0 Å². The molecule has 3 aromatic rings. The van der Waals surface area contributed by atoms with Crippen molar-refractivity contribution < 1.29 is 9.47 Å². The summed E-state index contributed by atoms with van der Waals surface area (Å²) >= 11 is 8.08. The second-order valence-electron chi connectivity index (χ2n) is 5.64. The highest BCUT2D eigenvalue weighted by molar-refractivity contribution is 7.98. The molecule has 26 heavy (non-hydrogen) atoms. The van der Waals surface area contributed by atoms with E-state index in [1.165, 1.54) is 0 Å². The number of halogens is 1. The molecule has 0 fully saturated rings. The van der Waals surface area contributed by atoms with Crippen molar-refractivity contribution >= 4 is 23.5 Å². The molecule has 0 spiro atoms. The Labute approximate surface area is 163 Å². The van der Waals surface area contributed by atoms with Crippen molar-refractivity contribution in [2.24, 2.45) is 0 Å². The predicted octanol–water partition coefficient (Wildman–Crippen LogP) is 5.10. The lowest BCUT2D eigenvalue weighted by molar-refractivity contribution is 0.411. The molecule has 0 bridgehead atoms. The molecule has 0 atom stereocenters. The zero-order valence-electron chi connectivity index (χ0n) is 15.0. The van der Waals surface area contributed by atoms with Gasteiger partial charge in [0.2, 0.25) is 0 Å². The molecule has 4 nitrogen and oxygen atoms in total. The van der Waals surface area contributed by atoms with Gasteiger partial charge in [0.15, 0.2) is 0 Å². The van der Waals surface area contributed by atoms with E-state index in [-0.39, 0.29) is 0 Å². The number of hydrogen-bond acceptors (Lipinski definition) is 4. The smallest absolute Gasteiger partial charge is 0.150 e. The second-order valence-corrected chi connectivity index (χ2v) is 7.10. The summed E-state index contributed by atoms with van der Waals surface area (Å²) in [5, 5.41) is 3.88. The predicted molar refractivity (Wildman–Crippen MR) is 108 cm³/mol. The second kappa shape index (κ2) is 8.54. The lowest BCUT2D eigenvalue weighted by Gasteiger charge is -2.12. The standard InChI is InChI=1S/C20H21ClN2O2S/c1-22-12-14-13-23(26-16-8-6-7-15(11-16)24-2)19(20(14)25-3)17-9-4-5-10-18(17)21/h4-11,13,22H,12H2,1-3H3. The zero-order chi connectivity index (χ0) is 18.5. The lowest BCUT2D eigenvalue weighted by atomic mass is 10.1. The van der Waals surface area contributed by atoms with Crippen LogP contribution in [-0.2, 0) is 6.54 Å². The Morgan fingerprint density at radius 3 is 2.58 bits per heavy atom. The van der Waals surface area contributed by atoms with E-state index in [0.717, 1.165) is 33.2 Å². The molecule has 1 N–H and O–H groups in total. The van der Waals surface area contributed by atoms with E-state index < -0.39 is 0 Å². The number of nitrogens with zero attached hydrogens (tertiary/aromatic N) is 1. The van der Waals surface area contributed by atoms with Gasteiger partial charge in [-0.1, -0.05) is 35.9 Å². The maximum atomic E-state index is 6.48. The Hall–Kier alpha value is -2.08. The summed E-state index contributed by atoms with van der Waals surface area (Å²) < 4.78 is 13.2. The van der Waals surface area contributed by atoms with E-state index in [4.69, 9.17) is 21.1 Å². The first-order chi connectivity index (χ1) is 12.7. The van der Waals surface area contributed by atoms with E-state index in [9.17, 15) is 0 Å². The molecule has 1 heterocycles. The largest absolute Gasteiger partial charge is 0.497 e. The fourth-order valence-corrected chi connectivity index (χ4v) is 4.01. The van der Waals surface area contributed by atoms with E-state index in [0.29, 0.717) is 11.6 Å². The van der Waals surface area contributed by atoms with Crippen LogP contribution >= 0.6 is 23.5 Å². The molecule has 0 unspecified atom stereocenters. The van der Waals surface area contributed by atoms with Crippen LogP contribution in [0.2, 0.25) is 5.02 Å². The third-order valence-corrected chi connectivity index (χ3v) is 5.22. The van der Waals surface area contributed by atoms with Crippen molar-refractivity contribution in [2.45, 2.75) is 11.4 Å². The maximum Gasteiger partial charge on any atom is 0.150 e. The third-order valence-electron chi connectivity index (χ3n) is 3.95. The number of hydrogen-bond donors (Lipinski definition) is 1. The van der Waals surface area contributed by atoms with Gasteiger partial charge >= 0.3 is 0 Å². The van der Waals surface area contributed by atoms with Gasteiger partial charge in [-0.05, 0) is 43.3 Å². The number of rotatable bonds is 7. The Morgan fingerprint density at radius 1 is 1.08 bits per heavy atom. The van der Waals surface area contributed by atoms with Crippen LogP contribution in [0.25, 0.3) is 11.3 Å². The number of methoxy groups -OCH3 is 2. The molecule has 1 aromatic heterocycles. The number of ether oxygens (including phenoxy) is 2. The summed E-state index contributed by atoms with van der Waals surface area (Å²) in [5.74, 6) is 1.65. The normalized spacial score (nSPS) is 10.8. The molecule has 136 valence electrons. The Kier molecular flexibility index (Phi) is 6.14. The minimum Gasteiger partial charge on any atom is -0.497 e. The van der Waals surface area contributed by atoms with Crippen LogP contribution in [0, 0.1) is 0 Å². The summed E-state index contributed by atoms with van der Waals surface area (Å²) in [4.78, 5) is 1.06. The highest BCUT2D eigenvalue weighted by Crippen LogP contribution is 2.42. The highest BCUT2D eigenvalue weighted by atomic mass is 35.5. The minimum absolute atomic E-state index is 0.687. The number of benzene rings is 2. The molecule has 0 aliphatic rings. The van der Waals surface area contributed by atoms with Crippen LogP contribution < -0.4 is 14.8 Å². The van der Waals surface area contributed by atoms with Crippen LogP contribution in [0.1, 0.15) is 5.56 Å². The SMILES string of the molecule is CNCc1cn(Sc2cccc(OC)c2)c(-c2ccccc2Cl)c1OC. The summed E-state index contributed by atoms with van der Waals surface area (Å²) in [6.07, 6.45) is 2.08. The Balaban J connectivity index is 2.12. The minimum atomic E-state index is 0.687. The molecule has 0 saturated heterocycles. The zero-order valence-corrected chi connectivity index (χ0v) is 16.5. The first-order valence-corrected chi connectivity index (χ1v) is 9.33. The maximum absolute atomic E-state index is 6.48. The monoisotopic (exact) mass is 388 g/mol. The molecule has 0 saturated carbocycles. The molecular formula is C20H21ClN2O2S. The van der Waals surface area contributed by atoms with E-state index in [2.05, 4.69) is 15.5 Å².